The van der Waals surface area contributed by atoms with Gasteiger partial charge in [0.1, 0.15) is 0 Å². The maximum absolute atomic E-state index is 12.3. The van der Waals surface area contributed by atoms with Gasteiger partial charge in [-0.05, 0) is 26.7 Å². The molecule has 108 valence electrons. The summed E-state index contributed by atoms with van der Waals surface area (Å²) in [6.45, 7) is 4.52. The minimum atomic E-state index is -0.816. The van der Waals surface area contributed by atoms with Crippen molar-refractivity contribution >= 4 is 23.8 Å². The molecule has 2 amide bonds. The lowest BCUT2D eigenvalue weighted by atomic mass is 9.85. The highest BCUT2D eigenvalue weighted by Gasteiger charge is 2.46. The fraction of sp³-hybridized carbons (Fsp3) is 0.846. The second kappa shape index (κ2) is 5.61. The summed E-state index contributed by atoms with van der Waals surface area (Å²) in [4.78, 5) is 25.5. The molecule has 5 nitrogen and oxygen atoms in total. The molecule has 0 aromatic heterocycles. The molecule has 0 spiro atoms. The van der Waals surface area contributed by atoms with Crippen molar-refractivity contribution in [3.63, 3.8) is 0 Å². The van der Waals surface area contributed by atoms with Crippen LogP contribution in [0.1, 0.15) is 33.1 Å². The normalized spacial score (nSPS) is 35.2. The van der Waals surface area contributed by atoms with Gasteiger partial charge in [-0.15, -0.1) is 0 Å². The zero-order valence-corrected chi connectivity index (χ0v) is 12.3. The van der Waals surface area contributed by atoms with Crippen LogP contribution >= 0.6 is 11.8 Å². The number of carboxylic acid groups (broad SMARTS) is 1. The molecule has 1 aliphatic heterocycles. The zero-order valence-electron chi connectivity index (χ0n) is 11.5. The van der Waals surface area contributed by atoms with Gasteiger partial charge in [-0.25, -0.2) is 4.79 Å². The van der Waals surface area contributed by atoms with E-state index in [0.717, 1.165) is 30.9 Å². The molecule has 1 aliphatic carbocycles. The van der Waals surface area contributed by atoms with Crippen LogP contribution in [0.5, 0.6) is 0 Å². The molecular weight excluding hydrogens is 264 g/mol. The molecule has 1 saturated carbocycles. The first-order valence-electron chi connectivity index (χ1n) is 6.83. The number of carbonyl (C=O) groups excluding carboxylic acids is 1. The van der Waals surface area contributed by atoms with Crippen LogP contribution in [-0.2, 0) is 4.79 Å². The summed E-state index contributed by atoms with van der Waals surface area (Å²) in [7, 11) is 0. The smallest absolute Gasteiger partial charge is 0.317 e. The number of aliphatic carboxylic acids is 1. The highest BCUT2D eigenvalue weighted by molar-refractivity contribution is 7.99. The molecule has 6 heteroatoms. The Morgan fingerprint density at radius 3 is 2.84 bits per heavy atom. The number of carboxylic acids is 1. The van der Waals surface area contributed by atoms with Gasteiger partial charge >= 0.3 is 12.0 Å². The van der Waals surface area contributed by atoms with Crippen molar-refractivity contribution < 1.29 is 14.7 Å². The fourth-order valence-corrected chi connectivity index (χ4v) is 3.93. The van der Waals surface area contributed by atoms with Crippen molar-refractivity contribution in [1.29, 1.82) is 0 Å². The van der Waals surface area contributed by atoms with Crippen LogP contribution in [0.2, 0.25) is 0 Å². The van der Waals surface area contributed by atoms with Gasteiger partial charge in [0, 0.05) is 30.1 Å². The summed E-state index contributed by atoms with van der Waals surface area (Å²) >= 11 is 1.86. The predicted octanol–water partition coefficient (Wildman–Crippen LogP) is 1.78. The maximum Gasteiger partial charge on any atom is 0.317 e. The Morgan fingerprint density at radius 1 is 1.47 bits per heavy atom. The summed E-state index contributed by atoms with van der Waals surface area (Å²) in [6, 6.07) is -0.136. The third-order valence-electron chi connectivity index (χ3n) is 4.37. The quantitative estimate of drug-likeness (QED) is 0.812. The molecule has 1 heterocycles. The van der Waals surface area contributed by atoms with Crippen LogP contribution in [0.25, 0.3) is 0 Å². The third-order valence-corrected chi connectivity index (χ3v) is 5.56. The van der Waals surface area contributed by atoms with E-state index < -0.39 is 11.4 Å². The number of hydrogen-bond donors (Lipinski definition) is 2. The Hall–Kier alpha value is -0.910. The minimum Gasteiger partial charge on any atom is -0.481 e. The number of rotatable bonds is 2. The highest BCUT2D eigenvalue weighted by atomic mass is 32.2. The van der Waals surface area contributed by atoms with E-state index in [1.54, 1.807) is 6.92 Å². The largest absolute Gasteiger partial charge is 0.481 e. The molecule has 3 unspecified atom stereocenters. The van der Waals surface area contributed by atoms with Gasteiger partial charge in [0.2, 0.25) is 0 Å². The van der Waals surface area contributed by atoms with Gasteiger partial charge in [0.25, 0.3) is 0 Å². The minimum absolute atomic E-state index is 0.104. The lowest BCUT2D eigenvalue weighted by Crippen LogP contribution is -2.55. The van der Waals surface area contributed by atoms with Gasteiger partial charge in [-0.3, -0.25) is 4.79 Å². The average Bonchev–Trinajstić information content (AvgIpc) is 2.73. The van der Waals surface area contributed by atoms with Crippen molar-refractivity contribution in [1.82, 2.24) is 10.2 Å². The highest BCUT2D eigenvalue weighted by Crippen LogP contribution is 2.38. The number of amides is 2. The Kier molecular flexibility index (Phi) is 4.28. The molecule has 0 bridgehead atoms. The zero-order chi connectivity index (χ0) is 14.0. The van der Waals surface area contributed by atoms with Crippen LogP contribution in [0.3, 0.4) is 0 Å². The summed E-state index contributed by atoms with van der Waals surface area (Å²) in [6.07, 6.45) is 2.25. The van der Waals surface area contributed by atoms with Gasteiger partial charge in [0.15, 0.2) is 0 Å². The van der Waals surface area contributed by atoms with E-state index in [4.69, 9.17) is 0 Å². The number of urea groups is 1. The summed E-state index contributed by atoms with van der Waals surface area (Å²) in [5.41, 5.74) is -0.816. The van der Waals surface area contributed by atoms with Crippen molar-refractivity contribution in [2.75, 3.05) is 18.1 Å². The molecule has 2 rings (SSSR count). The van der Waals surface area contributed by atoms with Crippen LogP contribution < -0.4 is 5.32 Å². The lowest BCUT2D eigenvalue weighted by Gasteiger charge is -2.36. The van der Waals surface area contributed by atoms with Gasteiger partial charge in [-0.1, -0.05) is 6.42 Å². The van der Waals surface area contributed by atoms with Crippen LogP contribution in [0.15, 0.2) is 0 Å². The molecular formula is C13H22N2O3S. The van der Waals surface area contributed by atoms with Crippen LogP contribution in [0, 0.1) is 5.41 Å². The van der Waals surface area contributed by atoms with E-state index in [0.29, 0.717) is 6.42 Å². The summed E-state index contributed by atoms with van der Waals surface area (Å²) < 4.78 is 0. The maximum atomic E-state index is 12.3. The van der Waals surface area contributed by atoms with Gasteiger partial charge < -0.3 is 15.3 Å². The van der Waals surface area contributed by atoms with Crippen LogP contribution in [0.4, 0.5) is 4.79 Å². The first-order chi connectivity index (χ1) is 8.95. The molecule has 0 radical (unpaired) electrons. The molecule has 1 saturated heterocycles. The Labute approximate surface area is 118 Å². The molecule has 3 atom stereocenters. The molecule has 2 fully saturated rings. The molecule has 2 aliphatic rings. The lowest BCUT2D eigenvalue weighted by molar-refractivity contribution is -0.148. The van der Waals surface area contributed by atoms with Crippen molar-refractivity contribution in [3.8, 4) is 0 Å². The first kappa shape index (κ1) is 14.5. The van der Waals surface area contributed by atoms with Gasteiger partial charge in [0.05, 0.1) is 5.41 Å². The summed E-state index contributed by atoms with van der Waals surface area (Å²) in [5, 5.41) is 12.3. The monoisotopic (exact) mass is 286 g/mol. The molecule has 2 N–H and O–H groups in total. The standard InChI is InChI=1S/C13H22N2O3S/c1-9-8-19-7-6-15(9)12(18)14-10-4-3-5-13(10,2)11(16)17/h9-10H,3-8H2,1-2H3,(H,14,18)(H,16,17). The van der Waals surface area contributed by atoms with E-state index in [1.807, 2.05) is 23.6 Å². The van der Waals surface area contributed by atoms with Crippen molar-refractivity contribution in [3.05, 3.63) is 0 Å². The number of carbonyl (C=O) groups is 2. The topological polar surface area (TPSA) is 69.6 Å². The Balaban J connectivity index is 2.00. The second-order valence-corrected chi connectivity index (χ2v) is 6.88. The number of nitrogens with one attached hydrogen (secondary N) is 1. The van der Waals surface area contributed by atoms with E-state index in [2.05, 4.69) is 5.32 Å². The predicted molar refractivity (Wildman–Crippen MR) is 75.4 cm³/mol. The van der Waals surface area contributed by atoms with E-state index in [-0.39, 0.29) is 18.1 Å². The van der Waals surface area contributed by atoms with Crippen molar-refractivity contribution in [2.24, 2.45) is 5.41 Å². The molecule has 19 heavy (non-hydrogen) atoms. The molecule has 0 aromatic carbocycles. The third kappa shape index (κ3) is 2.83. The Bertz CT molecular complexity index is 377. The first-order valence-corrected chi connectivity index (χ1v) is 7.99. The van der Waals surface area contributed by atoms with Gasteiger partial charge in [-0.2, -0.15) is 11.8 Å². The molecule has 0 aromatic rings. The number of thioether (sulfide) groups is 1. The van der Waals surface area contributed by atoms with E-state index in [9.17, 15) is 14.7 Å². The van der Waals surface area contributed by atoms with Crippen molar-refractivity contribution in [2.45, 2.75) is 45.2 Å². The van der Waals surface area contributed by atoms with E-state index >= 15 is 0 Å². The summed E-state index contributed by atoms with van der Waals surface area (Å²) in [5.74, 6) is 1.10. The average molecular weight is 286 g/mol. The van der Waals surface area contributed by atoms with E-state index in [1.165, 1.54) is 0 Å². The van der Waals surface area contributed by atoms with Crippen LogP contribution in [-0.4, -0.2) is 52.1 Å². The number of nitrogens with zero attached hydrogens (tertiary/aromatic N) is 1. The Morgan fingerprint density at radius 2 is 2.21 bits per heavy atom. The number of hydrogen-bond acceptors (Lipinski definition) is 3. The fourth-order valence-electron chi connectivity index (χ4n) is 2.91. The SMILES string of the molecule is CC1CSCCN1C(=O)NC1CCCC1(C)C(=O)O. The second-order valence-electron chi connectivity index (χ2n) is 5.73.